The van der Waals surface area contributed by atoms with Gasteiger partial charge in [-0.3, -0.25) is 4.79 Å². The van der Waals surface area contributed by atoms with E-state index in [1.807, 2.05) is 39.0 Å². The van der Waals surface area contributed by atoms with Crippen molar-refractivity contribution < 1.29 is 9.53 Å². The van der Waals surface area contributed by atoms with Crippen molar-refractivity contribution in [2.75, 3.05) is 7.11 Å². The van der Waals surface area contributed by atoms with E-state index in [9.17, 15) is 4.79 Å². The summed E-state index contributed by atoms with van der Waals surface area (Å²) in [5, 5.41) is 0.613. The Labute approximate surface area is 113 Å². The van der Waals surface area contributed by atoms with E-state index in [0.29, 0.717) is 5.02 Å². The number of halogens is 1. The quantitative estimate of drug-likeness (QED) is 0.855. The standard InChI is InChI=1S/C14H20ClNO2/c1-13(2,16)14(3,9-12(17)18-4)10-7-5-6-8-11(10)15/h5-8H,9,16H2,1-4H3. The Morgan fingerprint density at radius 2 is 1.89 bits per heavy atom. The molecule has 0 fully saturated rings. The second-order valence-electron chi connectivity index (χ2n) is 5.29. The van der Waals surface area contributed by atoms with Crippen molar-refractivity contribution >= 4 is 17.6 Å². The van der Waals surface area contributed by atoms with E-state index in [1.165, 1.54) is 7.11 Å². The lowest BCUT2D eigenvalue weighted by atomic mass is 9.66. The summed E-state index contributed by atoms with van der Waals surface area (Å²) in [5.41, 5.74) is 5.93. The normalized spacial score (nSPS) is 15.0. The number of hydrogen-bond acceptors (Lipinski definition) is 3. The Morgan fingerprint density at radius 1 is 1.33 bits per heavy atom. The molecule has 0 aromatic heterocycles. The Kier molecular flexibility index (Phi) is 4.41. The highest BCUT2D eigenvalue weighted by molar-refractivity contribution is 6.31. The third-order valence-corrected chi connectivity index (χ3v) is 3.95. The van der Waals surface area contributed by atoms with Crippen molar-refractivity contribution in [1.82, 2.24) is 0 Å². The SMILES string of the molecule is COC(=O)CC(C)(c1ccccc1Cl)C(C)(C)N. The number of benzene rings is 1. The fourth-order valence-electron chi connectivity index (χ4n) is 1.94. The van der Waals surface area contributed by atoms with E-state index in [2.05, 4.69) is 0 Å². The third kappa shape index (κ3) is 2.85. The van der Waals surface area contributed by atoms with Crippen LogP contribution in [0.25, 0.3) is 0 Å². The first-order valence-electron chi connectivity index (χ1n) is 5.83. The molecule has 0 radical (unpaired) electrons. The summed E-state index contributed by atoms with van der Waals surface area (Å²) in [6.07, 6.45) is 0.191. The second kappa shape index (κ2) is 5.29. The van der Waals surface area contributed by atoms with Gasteiger partial charge in [0.25, 0.3) is 0 Å². The Bertz CT molecular complexity index is 440. The predicted octanol–water partition coefficient (Wildman–Crippen LogP) is 2.90. The van der Waals surface area contributed by atoms with Gasteiger partial charge in [-0.05, 0) is 25.5 Å². The molecule has 1 aromatic rings. The molecule has 1 unspecified atom stereocenters. The van der Waals surface area contributed by atoms with Crippen molar-refractivity contribution in [2.24, 2.45) is 5.73 Å². The van der Waals surface area contributed by atoms with Crippen LogP contribution in [0, 0.1) is 0 Å². The number of hydrogen-bond donors (Lipinski definition) is 1. The van der Waals surface area contributed by atoms with E-state index in [1.54, 1.807) is 6.07 Å². The van der Waals surface area contributed by atoms with E-state index < -0.39 is 11.0 Å². The average Bonchev–Trinajstić information content (AvgIpc) is 2.27. The van der Waals surface area contributed by atoms with Gasteiger partial charge in [-0.2, -0.15) is 0 Å². The Hall–Kier alpha value is -1.06. The summed E-state index contributed by atoms with van der Waals surface area (Å²) in [6, 6.07) is 7.45. The number of carbonyl (C=O) groups excluding carboxylic acids is 1. The maximum absolute atomic E-state index is 11.6. The molecule has 0 saturated heterocycles. The van der Waals surface area contributed by atoms with Crippen LogP contribution in [-0.2, 0) is 14.9 Å². The summed E-state index contributed by atoms with van der Waals surface area (Å²) in [6.45, 7) is 5.71. The smallest absolute Gasteiger partial charge is 0.306 e. The molecule has 0 spiro atoms. The molecule has 1 atom stereocenters. The van der Waals surface area contributed by atoms with Crippen LogP contribution in [0.15, 0.2) is 24.3 Å². The van der Waals surface area contributed by atoms with Gasteiger partial charge in [0, 0.05) is 16.0 Å². The van der Waals surface area contributed by atoms with Crippen molar-refractivity contribution in [3.63, 3.8) is 0 Å². The van der Waals surface area contributed by atoms with E-state index in [0.717, 1.165) is 5.56 Å². The number of nitrogens with two attached hydrogens (primary N) is 1. The van der Waals surface area contributed by atoms with Gasteiger partial charge in [-0.1, -0.05) is 36.7 Å². The zero-order valence-electron chi connectivity index (χ0n) is 11.3. The average molecular weight is 270 g/mol. The molecule has 0 bridgehead atoms. The molecule has 0 aliphatic heterocycles. The lowest BCUT2D eigenvalue weighted by molar-refractivity contribution is -0.142. The molecular weight excluding hydrogens is 250 g/mol. The molecule has 0 heterocycles. The van der Waals surface area contributed by atoms with Gasteiger partial charge < -0.3 is 10.5 Å². The van der Waals surface area contributed by atoms with Crippen LogP contribution < -0.4 is 5.73 Å². The van der Waals surface area contributed by atoms with Crippen LogP contribution >= 0.6 is 11.6 Å². The summed E-state index contributed by atoms with van der Waals surface area (Å²) < 4.78 is 4.76. The number of ether oxygens (including phenoxy) is 1. The molecule has 0 saturated carbocycles. The molecule has 1 aromatic carbocycles. The number of carbonyl (C=O) groups is 1. The number of esters is 1. The van der Waals surface area contributed by atoms with E-state index in [4.69, 9.17) is 22.1 Å². The molecule has 2 N–H and O–H groups in total. The van der Waals surface area contributed by atoms with Gasteiger partial charge in [-0.15, -0.1) is 0 Å². The Morgan fingerprint density at radius 3 is 2.33 bits per heavy atom. The minimum Gasteiger partial charge on any atom is -0.469 e. The molecule has 0 aliphatic carbocycles. The lowest BCUT2D eigenvalue weighted by Crippen LogP contribution is -2.53. The second-order valence-corrected chi connectivity index (χ2v) is 5.69. The first kappa shape index (κ1) is 15.0. The molecule has 0 aliphatic rings. The van der Waals surface area contributed by atoms with Crippen molar-refractivity contribution in [1.29, 1.82) is 0 Å². The maximum atomic E-state index is 11.6. The molecule has 4 heteroatoms. The highest BCUT2D eigenvalue weighted by atomic mass is 35.5. The monoisotopic (exact) mass is 269 g/mol. The van der Waals surface area contributed by atoms with E-state index >= 15 is 0 Å². The van der Waals surface area contributed by atoms with Crippen molar-refractivity contribution in [2.45, 2.75) is 38.1 Å². The predicted molar refractivity (Wildman–Crippen MR) is 73.7 cm³/mol. The molecular formula is C14H20ClNO2. The van der Waals surface area contributed by atoms with Crippen LogP contribution in [0.3, 0.4) is 0 Å². The van der Waals surface area contributed by atoms with Crippen molar-refractivity contribution in [3.05, 3.63) is 34.9 Å². The molecule has 18 heavy (non-hydrogen) atoms. The van der Waals surface area contributed by atoms with Crippen LogP contribution in [0.4, 0.5) is 0 Å². The largest absolute Gasteiger partial charge is 0.469 e. The molecule has 100 valence electrons. The van der Waals surface area contributed by atoms with Crippen LogP contribution in [0.2, 0.25) is 5.02 Å². The topological polar surface area (TPSA) is 52.3 Å². The first-order chi connectivity index (χ1) is 8.22. The van der Waals surface area contributed by atoms with Gasteiger partial charge in [0.05, 0.1) is 13.5 Å². The molecule has 3 nitrogen and oxygen atoms in total. The molecule has 0 amide bonds. The number of methoxy groups -OCH3 is 1. The van der Waals surface area contributed by atoms with Crippen molar-refractivity contribution in [3.8, 4) is 0 Å². The van der Waals surface area contributed by atoms with Gasteiger partial charge in [0.2, 0.25) is 0 Å². The summed E-state index contributed by atoms with van der Waals surface area (Å²) in [7, 11) is 1.37. The van der Waals surface area contributed by atoms with Gasteiger partial charge in [0.1, 0.15) is 0 Å². The van der Waals surface area contributed by atoms with E-state index in [-0.39, 0.29) is 12.4 Å². The highest BCUT2D eigenvalue weighted by Gasteiger charge is 2.42. The highest BCUT2D eigenvalue weighted by Crippen LogP contribution is 2.40. The summed E-state index contributed by atoms with van der Waals surface area (Å²) in [4.78, 5) is 11.6. The first-order valence-corrected chi connectivity index (χ1v) is 6.21. The fraction of sp³-hybridized carbons (Fsp3) is 0.500. The van der Waals surface area contributed by atoms with Gasteiger partial charge in [-0.25, -0.2) is 0 Å². The van der Waals surface area contributed by atoms with Crippen LogP contribution in [0.1, 0.15) is 32.8 Å². The van der Waals surface area contributed by atoms with Crippen LogP contribution in [-0.4, -0.2) is 18.6 Å². The minimum absolute atomic E-state index is 0.191. The minimum atomic E-state index is -0.605. The lowest BCUT2D eigenvalue weighted by Gasteiger charge is -2.42. The zero-order valence-corrected chi connectivity index (χ0v) is 12.0. The zero-order chi connectivity index (χ0) is 14.0. The third-order valence-electron chi connectivity index (χ3n) is 3.62. The number of rotatable bonds is 4. The fourth-order valence-corrected chi connectivity index (χ4v) is 2.28. The maximum Gasteiger partial charge on any atom is 0.306 e. The summed E-state index contributed by atoms with van der Waals surface area (Å²) >= 11 is 6.23. The summed E-state index contributed by atoms with van der Waals surface area (Å²) in [5.74, 6) is -0.295. The van der Waals surface area contributed by atoms with Gasteiger partial charge >= 0.3 is 5.97 Å². The van der Waals surface area contributed by atoms with Gasteiger partial charge in [0.15, 0.2) is 0 Å². The van der Waals surface area contributed by atoms with Crippen LogP contribution in [0.5, 0.6) is 0 Å². The Balaban J connectivity index is 3.30. The molecule has 1 rings (SSSR count).